The highest BCUT2D eigenvalue weighted by atomic mass is 32.1. The largest absolute Gasteiger partial charge is 0.342 e. The van der Waals surface area contributed by atoms with Crippen LogP contribution in [-0.2, 0) is 0 Å². The van der Waals surface area contributed by atoms with Crippen molar-refractivity contribution in [2.45, 2.75) is 26.8 Å². The van der Waals surface area contributed by atoms with E-state index in [0.29, 0.717) is 5.82 Å². The Hall–Kier alpha value is -1.69. The van der Waals surface area contributed by atoms with Gasteiger partial charge in [-0.05, 0) is 26.8 Å². The van der Waals surface area contributed by atoms with Crippen molar-refractivity contribution in [1.82, 2.24) is 20.5 Å². The number of hydrogen-bond donors (Lipinski definition) is 2. The average Bonchev–Trinajstić information content (AvgIpc) is 2.87. The number of aromatic nitrogens is 3. The summed E-state index contributed by atoms with van der Waals surface area (Å²) in [4.78, 5) is 18.2. The molecule has 0 spiro atoms. The normalized spacial score (nSPS) is 12.4. The minimum absolute atomic E-state index is 0.0734. The van der Waals surface area contributed by atoms with Crippen LogP contribution in [0.25, 0.3) is 0 Å². The van der Waals surface area contributed by atoms with Crippen LogP contribution in [0, 0.1) is 13.8 Å². The van der Waals surface area contributed by atoms with Gasteiger partial charge in [-0.3, -0.25) is 9.89 Å². The quantitative estimate of drug-likeness (QED) is 0.875. The van der Waals surface area contributed by atoms with Gasteiger partial charge in [-0.25, -0.2) is 4.98 Å². The molecule has 6 heteroatoms. The van der Waals surface area contributed by atoms with E-state index >= 15 is 0 Å². The topological polar surface area (TPSA) is 70.7 Å². The lowest BCUT2D eigenvalue weighted by atomic mass is 10.2. The van der Waals surface area contributed by atoms with Gasteiger partial charge in [0.25, 0.3) is 5.91 Å². The molecule has 2 aromatic rings. The molecule has 0 bridgehead atoms. The first-order chi connectivity index (χ1) is 8.08. The van der Waals surface area contributed by atoms with Crippen molar-refractivity contribution in [1.29, 1.82) is 0 Å². The van der Waals surface area contributed by atoms with E-state index in [1.807, 2.05) is 26.8 Å². The van der Waals surface area contributed by atoms with Crippen LogP contribution >= 0.6 is 11.3 Å². The van der Waals surface area contributed by atoms with E-state index in [1.54, 1.807) is 11.3 Å². The van der Waals surface area contributed by atoms with Gasteiger partial charge in [0, 0.05) is 9.75 Å². The molecule has 0 fully saturated rings. The van der Waals surface area contributed by atoms with E-state index in [2.05, 4.69) is 20.5 Å². The van der Waals surface area contributed by atoms with Crippen LogP contribution in [0.3, 0.4) is 0 Å². The van der Waals surface area contributed by atoms with Crippen molar-refractivity contribution in [2.75, 3.05) is 0 Å². The number of hydrogen-bond acceptors (Lipinski definition) is 4. The lowest BCUT2D eigenvalue weighted by Crippen LogP contribution is -2.27. The predicted molar refractivity (Wildman–Crippen MR) is 66.1 cm³/mol. The van der Waals surface area contributed by atoms with Crippen LogP contribution in [0.15, 0.2) is 12.4 Å². The third-order valence-corrected chi connectivity index (χ3v) is 3.44. The van der Waals surface area contributed by atoms with Crippen molar-refractivity contribution in [2.24, 2.45) is 0 Å². The zero-order valence-electron chi connectivity index (χ0n) is 9.94. The number of nitrogens with zero attached hydrogens (tertiary/aromatic N) is 2. The highest BCUT2D eigenvalue weighted by Gasteiger charge is 2.16. The molecule has 2 aromatic heterocycles. The van der Waals surface area contributed by atoms with E-state index < -0.39 is 0 Å². The van der Waals surface area contributed by atoms with E-state index in [1.165, 1.54) is 6.33 Å². The Morgan fingerprint density at radius 2 is 2.29 bits per heavy atom. The van der Waals surface area contributed by atoms with Gasteiger partial charge in [-0.15, -0.1) is 11.3 Å². The Balaban J connectivity index is 2.09. The molecule has 0 aliphatic rings. The first-order valence-corrected chi connectivity index (χ1v) is 6.12. The standard InChI is InChI=1S/C11H14N4OS/c1-6-4-9(8(3)17-6)11(16)14-7(2)10-12-5-13-15-10/h4-5,7H,1-3H3,(H,14,16)(H,12,13,15). The molecule has 0 radical (unpaired) electrons. The zero-order valence-corrected chi connectivity index (χ0v) is 10.8. The number of rotatable bonds is 3. The molecule has 0 saturated carbocycles. The van der Waals surface area contributed by atoms with Gasteiger partial charge in [0.2, 0.25) is 0 Å². The molecule has 2 rings (SSSR count). The first kappa shape index (κ1) is 11.8. The molecular formula is C11H14N4OS. The summed E-state index contributed by atoms with van der Waals surface area (Å²) in [6.07, 6.45) is 1.43. The monoisotopic (exact) mass is 250 g/mol. The fourth-order valence-electron chi connectivity index (χ4n) is 1.62. The molecule has 0 aromatic carbocycles. The minimum atomic E-state index is -0.176. The van der Waals surface area contributed by atoms with Crippen molar-refractivity contribution in [3.05, 3.63) is 33.5 Å². The second-order valence-corrected chi connectivity index (χ2v) is 5.35. The molecule has 1 amide bonds. The van der Waals surface area contributed by atoms with Crippen LogP contribution in [-0.4, -0.2) is 21.1 Å². The number of amides is 1. The van der Waals surface area contributed by atoms with Gasteiger partial charge in [-0.1, -0.05) is 0 Å². The third kappa shape index (κ3) is 2.52. The molecular weight excluding hydrogens is 236 g/mol. The summed E-state index contributed by atoms with van der Waals surface area (Å²) >= 11 is 1.63. The van der Waals surface area contributed by atoms with E-state index in [0.717, 1.165) is 15.3 Å². The van der Waals surface area contributed by atoms with Crippen molar-refractivity contribution >= 4 is 17.2 Å². The summed E-state index contributed by atoms with van der Waals surface area (Å²) in [5.74, 6) is 0.582. The van der Waals surface area contributed by atoms with Crippen LogP contribution in [0.1, 0.15) is 38.9 Å². The second kappa shape index (κ2) is 4.67. The van der Waals surface area contributed by atoms with Crippen LogP contribution in [0.2, 0.25) is 0 Å². The number of carbonyl (C=O) groups excluding carboxylic acids is 1. The number of aromatic amines is 1. The lowest BCUT2D eigenvalue weighted by Gasteiger charge is -2.10. The maximum Gasteiger partial charge on any atom is 0.252 e. The average molecular weight is 250 g/mol. The molecule has 17 heavy (non-hydrogen) atoms. The fourth-order valence-corrected chi connectivity index (χ4v) is 2.54. The lowest BCUT2D eigenvalue weighted by molar-refractivity contribution is 0.0938. The Bertz CT molecular complexity index is 518. The van der Waals surface area contributed by atoms with Gasteiger partial charge in [-0.2, -0.15) is 5.10 Å². The summed E-state index contributed by atoms with van der Waals surface area (Å²) in [6, 6.07) is 1.73. The summed E-state index contributed by atoms with van der Waals surface area (Å²) in [5.41, 5.74) is 0.735. The van der Waals surface area contributed by atoms with E-state index in [9.17, 15) is 4.79 Å². The summed E-state index contributed by atoms with van der Waals surface area (Å²) in [5, 5.41) is 9.39. The van der Waals surface area contributed by atoms with E-state index in [-0.39, 0.29) is 11.9 Å². The summed E-state index contributed by atoms with van der Waals surface area (Å²) in [6.45, 7) is 5.81. The first-order valence-electron chi connectivity index (χ1n) is 5.31. The number of thiophene rings is 1. The van der Waals surface area contributed by atoms with Gasteiger partial charge in [0.05, 0.1) is 11.6 Å². The highest BCUT2D eigenvalue weighted by Crippen LogP contribution is 2.21. The summed E-state index contributed by atoms with van der Waals surface area (Å²) in [7, 11) is 0. The number of H-pyrrole nitrogens is 1. The molecule has 90 valence electrons. The van der Waals surface area contributed by atoms with Gasteiger partial charge in [0.1, 0.15) is 12.2 Å². The Morgan fingerprint density at radius 3 is 2.82 bits per heavy atom. The number of aryl methyl sites for hydroxylation is 2. The Labute approximate surface area is 103 Å². The second-order valence-electron chi connectivity index (χ2n) is 3.89. The SMILES string of the molecule is Cc1cc(C(=O)NC(C)c2ncn[nH]2)c(C)s1. The Morgan fingerprint density at radius 1 is 1.53 bits per heavy atom. The number of carbonyl (C=O) groups is 1. The molecule has 0 aliphatic heterocycles. The predicted octanol–water partition coefficient (Wildman–Crippen LogP) is 1.97. The molecule has 1 unspecified atom stereocenters. The maximum absolute atomic E-state index is 12.0. The fraction of sp³-hybridized carbons (Fsp3) is 0.364. The molecule has 1 atom stereocenters. The molecule has 0 saturated heterocycles. The van der Waals surface area contributed by atoms with Crippen LogP contribution < -0.4 is 5.32 Å². The zero-order chi connectivity index (χ0) is 12.4. The smallest absolute Gasteiger partial charge is 0.252 e. The molecule has 0 aliphatic carbocycles. The summed E-state index contributed by atoms with van der Waals surface area (Å²) < 4.78 is 0. The van der Waals surface area contributed by atoms with Crippen LogP contribution in [0.5, 0.6) is 0 Å². The molecule has 2 N–H and O–H groups in total. The van der Waals surface area contributed by atoms with Crippen LogP contribution in [0.4, 0.5) is 0 Å². The Kier molecular flexibility index (Phi) is 3.23. The van der Waals surface area contributed by atoms with Gasteiger partial charge >= 0.3 is 0 Å². The molecule has 2 heterocycles. The van der Waals surface area contributed by atoms with E-state index in [4.69, 9.17) is 0 Å². The van der Waals surface area contributed by atoms with Crippen molar-refractivity contribution in [3.8, 4) is 0 Å². The number of nitrogens with one attached hydrogen (secondary N) is 2. The minimum Gasteiger partial charge on any atom is -0.342 e. The van der Waals surface area contributed by atoms with Gasteiger partial charge < -0.3 is 5.32 Å². The highest BCUT2D eigenvalue weighted by molar-refractivity contribution is 7.12. The van der Waals surface area contributed by atoms with Gasteiger partial charge in [0.15, 0.2) is 0 Å². The van der Waals surface area contributed by atoms with Crippen molar-refractivity contribution < 1.29 is 4.79 Å². The van der Waals surface area contributed by atoms with Crippen molar-refractivity contribution in [3.63, 3.8) is 0 Å². The molecule has 5 nitrogen and oxygen atoms in total. The third-order valence-electron chi connectivity index (χ3n) is 2.48. The maximum atomic E-state index is 12.0.